The van der Waals surface area contributed by atoms with Crippen LogP contribution in [-0.2, 0) is 19.0 Å². The van der Waals surface area contributed by atoms with Gasteiger partial charge in [-0.1, -0.05) is 0 Å². The Bertz CT molecular complexity index is 547. The van der Waals surface area contributed by atoms with Crippen molar-refractivity contribution in [3.05, 3.63) is 0 Å². The molecule has 0 aromatic carbocycles. The number of rotatable bonds is 5. The summed E-state index contributed by atoms with van der Waals surface area (Å²) in [6, 6.07) is 0.595. The summed E-state index contributed by atoms with van der Waals surface area (Å²) in [6.45, 7) is 7.07. The van der Waals surface area contributed by atoms with Crippen molar-refractivity contribution in [3.63, 3.8) is 0 Å². The van der Waals surface area contributed by atoms with Gasteiger partial charge in [0.1, 0.15) is 0 Å². The Balaban J connectivity index is 1.16. The molecule has 1 amide bonds. The molecule has 158 valence electrons. The van der Waals surface area contributed by atoms with Crippen LogP contribution in [0.15, 0.2) is 0 Å². The minimum Gasteiger partial charge on any atom is -0.381 e. The summed E-state index contributed by atoms with van der Waals surface area (Å²) in [5.41, 5.74) is 0.199. The molecule has 6 nitrogen and oxygen atoms in total. The fourth-order valence-electron chi connectivity index (χ4n) is 5.79. The number of carbonyl (C=O) groups excluding carboxylic acids is 1. The normalized spacial score (nSPS) is 32.4. The van der Waals surface area contributed by atoms with Crippen LogP contribution in [0.2, 0.25) is 0 Å². The van der Waals surface area contributed by atoms with Gasteiger partial charge in [0.05, 0.1) is 11.6 Å². The van der Waals surface area contributed by atoms with Crippen LogP contribution >= 0.6 is 0 Å². The van der Waals surface area contributed by atoms with Crippen molar-refractivity contribution in [1.29, 1.82) is 0 Å². The number of amides is 1. The van der Waals surface area contributed by atoms with Crippen molar-refractivity contribution in [2.24, 2.45) is 11.8 Å². The molecular weight excluding hydrogens is 356 g/mol. The maximum atomic E-state index is 12.8. The number of hydrogen-bond donors (Lipinski definition) is 0. The molecular formula is C22H36N2O4. The van der Waals surface area contributed by atoms with Crippen molar-refractivity contribution in [2.45, 2.75) is 69.1 Å². The maximum absolute atomic E-state index is 12.8. The lowest BCUT2D eigenvalue weighted by atomic mass is 9.73. The zero-order valence-corrected chi connectivity index (χ0v) is 17.2. The van der Waals surface area contributed by atoms with Crippen LogP contribution in [0.25, 0.3) is 0 Å². The Labute approximate surface area is 168 Å². The second-order valence-electron chi connectivity index (χ2n) is 9.58. The minimum absolute atomic E-state index is 0.191. The maximum Gasteiger partial charge on any atom is 0.225 e. The van der Waals surface area contributed by atoms with Crippen LogP contribution in [0.4, 0.5) is 0 Å². The first kappa shape index (κ1) is 19.3. The number of hydrogen-bond acceptors (Lipinski definition) is 5. The summed E-state index contributed by atoms with van der Waals surface area (Å²) < 4.78 is 17.5. The zero-order valence-electron chi connectivity index (χ0n) is 17.2. The van der Waals surface area contributed by atoms with Crippen molar-refractivity contribution < 1.29 is 19.0 Å². The molecule has 28 heavy (non-hydrogen) atoms. The molecule has 5 aliphatic rings. The van der Waals surface area contributed by atoms with Crippen molar-refractivity contribution in [2.75, 3.05) is 52.7 Å². The Kier molecular flexibility index (Phi) is 5.65. The van der Waals surface area contributed by atoms with Crippen LogP contribution < -0.4 is 0 Å². The van der Waals surface area contributed by atoms with Gasteiger partial charge in [-0.3, -0.25) is 9.69 Å². The van der Waals surface area contributed by atoms with E-state index >= 15 is 0 Å². The molecule has 1 atom stereocenters. The molecule has 6 heteroatoms. The van der Waals surface area contributed by atoms with E-state index in [-0.39, 0.29) is 11.5 Å². The second kappa shape index (κ2) is 8.21. The van der Waals surface area contributed by atoms with Gasteiger partial charge >= 0.3 is 0 Å². The molecule has 4 heterocycles. The predicted octanol–water partition coefficient (Wildman–Crippen LogP) is 2.06. The molecule has 1 unspecified atom stereocenters. The van der Waals surface area contributed by atoms with Gasteiger partial charge < -0.3 is 19.1 Å². The van der Waals surface area contributed by atoms with Gasteiger partial charge in [0.25, 0.3) is 0 Å². The molecule has 0 aromatic rings. The highest BCUT2D eigenvalue weighted by Gasteiger charge is 2.57. The number of ether oxygens (including phenoxy) is 3. The smallest absolute Gasteiger partial charge is 0.225 e. The highest BCUT2D eigenvalue weighted by Crippen LogP contribution is 2.45. The van der Waals surface area contributed by atoms with E-state index in [9.17, 15) is 4.79 Å². The third kappa shape index (κ3) is 3.73. The lowest BCUT2D eigenvalue weighted by Gasteiger charge is -2.63. The number of nitrogens with zero attached hydrogens (tertiary/aromatic N) is 2. The Hall–Kier alpha value is -0.690. The van der Waals surface area contributed by atoms with E-state index in [1.807, 2.05) is 0 Å². The largest absolute Gasteiger partial charge is 0.381 e. The van der Waals surface area contributed by atoms with Crippen LogP contribution in [0.3, 0.4) is 0 Å². The van der Waals surface area contributed by atoms with Crippen LogP contribution in [0, 0.1) is 11.8 Å². The Morgan fingerprint density at radius 3 is 2.29 bits per heavy atom. The highest BCUT2D eigenvalue weighted by atomic mass is 16.5. The molecule has 0 aromatic heterocycles. The third-order valence-corrected chi connectivity index (χ3v) is 7.91. The van der Waals surface area contributed by atoms with E-state index in [0.29, 0.717) is 18.1 Å². The summed E-state index contributed by atoms with van der Waals surface area (Å²) in [4.78, 5) is 17.7. The fraction of sp³-hybridized carbons (Fsp3) is 0.955. The van der Waals surface area contributed by atoms with Crippen molar-refractivity contribution in [3.8, 4) is 0 Å². The van der Waals surface area contributed by atoms with Crippen LogP contribution in [-0.4, -0.2) is 86.1 Å². The molecule has 4 aliphatic heterocycles. The number of carbonyl (C=O) groups is 1. The molecule has 5 fully saturated rings. The molecule has 5 rings (SSSR count). The van der Waals surface area contributed by atoms with Gasteiger partial charge in [0.15, 0.2) is 0 Å². The van der Waals surface area contributed by atoms with Gasteiger partial charge in [-0.2, -0.15) is 0 Å². The fourth-order valence-corrected chi connectivity index (χ4v) is 5.79. The Morgan fingerprint density at radius 2 is 1.61 bits per heavy atom. The third-order valence-electron chi connectivity index (χ3n) is 7.91. The van der Waals surface area contributed by atoms with E-state index in [2.05, 4.69) is 9.80 Å². The van der Waals surface area contributed by atoms with E-state index < -0.39 is 0 Å². The van der Waals surface area contributed by atoms with E-state index in [1.54, 1.807) is 0 Å². The van der Waals surface area contributed by atoms with Gasteiger partial charge in [-0.25, -0.2) is 0 Å². The van der Waals surface area contributed by atoms with Gasteiger partial charge in [-0.15, -0.1) is 0 Å². The molecule has 1 aliphatic carbocycles. The summed E-state index contributed by atoms with van der Waals surface area (Å²) in [5.74, 6) is 1.39. The second-order valence-corrected chi connectivity index (χ2v) is 9.58. The monoisotopic (exact) mass is 392 g/mol. The Morgan fingerprint density at radius 1 is 0.929 bits per heavy atom. The van der Waals surface area contributed by atoms with Gasteiger partial charge in [0.2, 0.25) is 5.91 Å². The van der Waals surface area contributed by atoms with E-state index in [4.69, 9.17) is 14.2 Å². The molecule has 1 spiro atoms. The highest BCUT2D eigenvalue weighted by molar-refractivity contribution is 5.79. The average molecular weight is 393 g/mol. The summed E-state index contributed by atoms with van der Waals surface area (Å²) in [7, 11) is 0. The van der Waals surface area contributed by atoms with Gasteiger partial charge in [-0.05, 0) is 57.3 Å². The average Bonchev–Trinajstić information content (AvgIpc) is 3.58. The molecule has 0 radical (unpaired) electrons. The SMILES string of the molecule is O=C(C1CCOCC1)N1CCC(N2CC(OCC3CC3)C23CCOCC3)CC1. The van der Waals surface area contributed by atoms with Crippen molar-refractivity contribution in [1.82, 2.24) is 9.80 Å². The van der Waals surface area contributed by atoms with Gasteiger partial charge in [0, 0.05) is 64.6 Å². The van der Waals surface area contributed by atoms with Crippen molar-refractivity contribution >= 4 is 5.91 Å². The lowest BCUT2D eigenvalue weighted by molar-refractivity contribution is -0.218. The molecule has 0 bridgehead atoms. The first-order valence-electron chi connectivity index (χ1n) is 11.6. The lowest BCUT2D eigenvalue weighted by Crippen LogP contribution is -2.76. The number of piperidine rings is 1. The topological polar surface area (TPSA) is 51.2 Å². The number of likely N-dealkylation sites (tertiary alicyclic amines) is 2. The molecule has 0 N–H and O–H groups in total. The molecule has 4 saturated heterocycles. The summed E-state index contributed by atoms with van der Waals surface area (Å²) in [6.07, 6.45) is 9.30. The summed E-state index contributed by atoms with van der Waals surface area (Å²) in [5, 5.41) is 0. The minimum atomic E-state index is 0.191. The van der Waals surface area contributed by atoms with E-state index in [0.717, 1.165) is 97.1 Å². The first-order chi connectivity index (χ1) is 13.8. The van der Waals surface area contributed by atoms with Crippen LogP contribution in [0.5, 0.6) is 0 Å². The quantitative estimate of drug-likeness (QED) is 0.717. The zero-order chi connectivity index (χ0) is 19.0. The van der Waals surface area contributed by atoms with E-state index in [1.165, 1.54) is 12.8 Å². The summed E-state index contributed by atoms with van der Waals surface area (Å²) >= 11 is 0. The standard InChI is InChI=1S/C22H36N2O4/c25-21(18-5-11-26-12-6-18)23-9-3-19(4-10-23)24-15-20(28-16-17-1-2-17)22(24)7-13-27-14-8-22/h17-20H,1-16H2. The van der Waals surface area contributed by atoms with Crippen LogP contribution in [0.1, 0.15) is 51.4 Å². The predicted molar refractivity (Wildman–Crippen MR) is 105 cm³/mol. The first-order valence-corrected chi connectivity index (χ1v) is 11.6. The molecule has 1 saturated carbocycles.